The van der Waals surface area contributed by atoms with Crippen LogP contribution < -0.4 is 10.6 Å². The van der Waals surface area contributed by atoms with Gasteiger partial charge in [0.05, 0.1) is 12.2 Å². The van der Waals surface area contributed by atoms with Crippen molar-refractivity contribution in [1.82, 2.24) is 10.6 Å². The molecular weight excluding hydrogens is 244 g/mol. The number of carbonyl (C=O) groups is 1. The predicted octanol–water partition coefficient (Wildman–Crippen LogP) is 1.40. The van der Waals surface area contributed by atoms with Gasteiger partial charge in [-0.15, -0.1) is 0 Å². The fourth-order valence-electron chi connectivity index (χ4n) is 3.24. The minimum atomic E-state index is -0.371. The standard InChI is InChI=1S/C14H26N2O3/c1-3-19-12-9-11(14(12)6-4-7-14)16-13(18)15-8-5-10(2)17/h10-12,17H,3-9H2,1-2H3,(H2,15,16,18). The molecule has 0 bridgehead atoms. The van der Waals surface area contributed by atoms with Gasteiger partial charge in [-0.2, -0.15) is 0 Å². The van der Waals surface area contributed by atoms with Gasteiger partial charge in [0.25, 0.3) is 0 Å². The van der Waals surface area contributed by atoms with Crippen molar-refractivity contribution in [3.8, 4) is 0 Å². The summed E-state index contributed by atoms with van der Waals surface area (Å²) in [6.07, 6.45) is 5.04. The van der Waals surface area contributed by atoms with Gasteiger partial charge in [-0.05, 0) is 39.5 Å². The number of aliphatic hydroxyl groups excluding tert-OH is 1. The third kappa shape index (κ3) is 3.03. The molecule has 3 N–H and O–H groups in total. The van der Waals surface area contributed by atoms with E-state index >= 15 is 0 Å². The average molecular weight is 270 g/mol. The van der Waals surface area contributed by atoms with Crippen molar-refractivity contribution in [2.24, 2.45) is 5.41 Å². The van der Waals surface area contributed by atoms with E-state index < -0.39 is 0 Å². The van der Waals surface area contributed by atoms with E-state index in [1.54, 1.807) is 6.92 Å². The zero-order valence-electron chi connectivity index (χ0n) is 11.9. The maximum atomic E-state index is 11.8. The fraction of sp³-hybridized carbons (Fsp3) is 0.929. The Morgan fingerprint density at radius 3 is 2.79 bits per heavy atom. The number of carbonyl (C=O) groups excluding carboxylic acids is 1. The van der Waals surface area contributed by atoms with Crippen molar-refractivity contribution in [1.29, 1.82) is 0 Å². The summed E-state index contributed by atoms with van der Waals surface area (Å²) >= 11 is 0. The fourth-order valence-corrected chi connectivity index (χ4v) is 3.24. The van der Waals surface area contributed by atoms with Crippen molar-refractivity contribution in [2.75, 3.05) is 13.2 Å². The first-order valence-electron chi connectivity index (χ1n) is 7.42. The molecule has 0 saturated heterocycles. The number of rotatable bonds is 6. The number of amides is 2. The lowest BCUT2D eigenvalue weighted by atomic mass is 9.51. The first-order valence-corrected chi connectivity index (χ1v) is 7.42. The van der Waals surface area contributed by atoms with Gasteiger partial charge in [-0.1, -0.05) is 6.42 Å². The lowest BCUT2D eigenvalue weighted by molar-refractivity contribution is -0.169. The lowest BCUT2D eigenvalue weighted by Crippen LogP contribution is -2.68. The van der Waals surface area contributed by atoms with Crippen LogP contribution in [0.2, 0.25) is 0 Å². The van der Waals surface area contributed by atoms with Crippen molar-refractivity contribution in [3.63, 3.8) is 0 Å². The van der Waals surface area contributed by atoms with Crippen LogP contribution in [0.15, 0.2) is 0 Å². The summed E-state index contributed by atoms with van der Waals surface area (Å²) in [6, 6.07) is 0.135. The molecule has 3 atom stereocenters. The Balaban J connectivity index is 1.73. The molecule has 0 aromatic heterocycles. The molecule has 2 fully saturated rings. The van der Waals surface area contributed by atoms with E-state index in [0.29, 0.717) is 19.1 Å². The highest BCUT2D eigenvalue weighted by molar-refractivity contribution is 5.74. The molecule has 0 aromatic carbocycles. The summed E-state index contributed by atoms with van der Waals surface area (Å²) < 4.78 is 5.76. The van der Waals surface area contributed by atoms with Crippen molar-refractivity contribution >= 4 is 6.03 Å². The first-order chi connectivity index (χ1) is 9.08. The van der Waals surface area contributed by atoms with Crippen LogP contribution >= 0.6 is 0 Å². The van der Waals surface area contributed by atoms with Crippen LogP contribution in [0.4, 0.5) is 4.79 Å². The molecule has 2 saturated carbocycles. The normalized spacial score (nSPS) is 29.2. The Morgan fingerprint density at radius 1 is 1.53 bits per heavy atom. The maximum Gasteiger partial charge on any atom is 0.315 e. The summed E-state index contributed by atoms with van der Waals surface area (Å²) in [7, 11) is 0. The monoisotopic (exact) mass is 270 g/mol. The summed E-state index contributed by atoms with van der Waals surface area (Å²) in [4.78, 5) is 11.8. The molecule has 5 nitrogen and oxygen atoms in total. The lowest BCUT2D eigenvalue weighted by Gasteiger charge is -2.60. The molecule has 2 amide bonds. The second-order valence-corrected chi connectivity index (χ2v) is 5.86. The highest BCUT2D eigenvalue weighted by Crippen LogP contribution is 2.57. The SMILES string of the molecule is CCOC1CC(NC(=O)NCCC(C)O)C12CCC2. The van der Waals surface area contributed by atoms with E-state index in [4.69, 9.17) is 9.84 Å². The predicted molar refractivity (Wildman–Crippen MR) is 72.9 cm³/mol. The van der Waals surface area contributed by atoms with E-state index in [2.05, 4.69) is 10.6 Å². The molecule has 3 unspecified atom stereocenters. The number of aliphatic hydroxyl groups is 1. The number of nitrogens with one attached hydrogen (secondary N) is 2. The quantitative estimate of drug-likeness (QED) is 0.683. The van der Waals surface area contributed by atoms with Crippen LogP contribution in [0.5, 0.6) is 0 Å². The minimum Gasteiger partial charge on any atom is -0.393 e. The summed E-state index contributed by atoms with van der Waals surface area (Å²) in [6.45, 7) is 5.01. The molecule has 1 spiro atoms. The Kier molecular flexibility index (Phi) is 4.68. The third-order valence-electron chi connectivity index (χ3n) is 4.59. The summed E-state index contributed by atoms with van der Waals surface area (Å²) in [5.74, 6) is 0. The molecule has 0 radical (unpaired) electrons. The molecule has 110 valence electrons. The van der Waals surface area contributed by atoms with Crippen LogP contribution in [0.3, 0.4) is 0 Å². The topological polar surface area (TPSA) is 70.6 Å². The zero-order valence-corrected chi connectivity index (χ0v) is 11.9. The van der Waals surface area contributed by atoms with Gasteiger partial charge >= 0.3 is 6.03 Å². The Bertz CT molecular complexity index is 316. The summed E-state index contributed by atoms with van der Waals surface area (Å²) in [5, 5.41) is 15.0. The van der Waals surface area contributed by atoms with Crippen LogP contribution in [0, 0.1) is 5.41 Å². The average Bonchev–Trinajstić information content (AvgIpc) is 2.24. The third-order valence-corrected chi connectivity index (χ3v) is 4.59. The van der Waals surface area contributed by atoms with Gasteiger partial charge in [0.15, 0.2) is 0 Å². The highest BCUT2D eigenvalue weighted by atomic mass is 16.5. The molecule has 19 heavy (non-hydrogen) atoms. The van der Waals surface area contributed by atoms with E-state index in [1.165, 1.54) is 6.42 Å². The van der Waals surface area contributed by atoms with Crippen LogP contribution in [-0.2, 0) is 4.74 Å². The Labute approximate surface area is 115 Å². The minimum absolute atomic E-state index is 0.119. The Morgan fingerprint density at radius 2 is 2.26 bits per heavy atom. The van der Waals surface area contributed by atoms with Gasteiger partial charge in [-0.3, -0.25) is 0 Å². The van der Waals surface area contributed by atoms with Crippen molar-refractivity contribution in [2.45, 2.75) is 64.2 Å². The first kappa shape index (κ1) is 14.6. The van der Waals surface area contributed by atoms with Crippen LogP contribution in [0.25, 0.3) is 0 Å². The van der Waals surface area contributed by atoms with Crippen LogP contribution in [-0.4, -0.2) is 42.5 Å². The largest absolute Gasteiger partial charge is 0.393 e. The van der Waals surface area contributed by atoms with Gasteiger partial charge in [0, 0.05) is 24.6 Å². The second-order valence-electron chi connectivity index (χ2n) is 5.86. The maximum absolute atomic E-state index is 11.8. The van der Waals surface area contributed by atoms with Gasteiger partial charge in [-0.25, -0.2) is 4.79 Å². The molecule has 2 aliphatic carbocycles. The van der Waals surface area contributed by atoms with Gasteiger partial charge < -0.3 is 20.5 Å². The molecule has 0 aliphatic heterocycles. The van der Waals surface area contributed by atoms with E-state index in [9.17, 15) is 4.79 Å². The Hall–Kier alpha value is -0.810. The number of ether oxygens (including phenoxy) is 1. The summed E-state index contributed by atoms with van der Waals surface area (Å²) in [5.41, 5.74) is 0.206. The van der Waals surface area contributed by atoms with Crippen LogP contribution in [0.1, 0.15) is 46.0 Å². The van der Waals surface area contributed by atoms with Gasteiger partial charge in [0.2, 0.25) is 0 Å². The zero-order chi connectivity index (χ0) is 13.9. The second kappa shape index (κ2) is 6.09. The van der Waals surface area contributed by atoms with Gasteiger partial charge in [0.1, 0.15) is 0 Å². The van der Waals surface area contributed by atoms with E-state index in [-0.39, 0.29) is 23.6 Å². The molecule has 5 heteroatoms. The molecule has 0 aromatic rings. The van der Waals surface area contributed by atoms with Crippen molar-refractivity contribution < 1.29 is 14.6 Å². The number of hydrogen-bond donors (Lipinski definition) is 3. The number of urea groups is 1. The molecule has 0 heterocycles. The number of hydrogen-bond acceptors (Lipinski definition) is 3. The van der Waals surface area contributed by atoms with E-state index in [0.717, 1.165) is 25.9 Å². The smallest absolute Gasteiger partial charge is 0.315 e. The molecule has 2 aliphatic rings. The van der Waals surface area contributed by atoms with E-state index in [1.807, 2.05) is 6.92 Å². The van der Waals surface area contributed by atoms with Crippen molar-refractivity contribution in [3.05, 3.63) is 0 Å². The molecular formula is C14H26N2O3. The highest BCUT2D eigenvalue weighted by Gasteiger charge is 2.59. The molecule has 2 rings (SSSR count).